The van der Waals surface area contributed by atoms with E-state index in [-0.39, 0.29) is 11.8 Å². The third kappa shape index (κ3) is 5.85. The normalized spacial score (nSPS) is 15.4. The highest BCUT2D eigenvalue weighted by Gasteiger charge is 2.25. The van der Waals surface area contributed by atoms with Crippen molar-refractivity contribution in [1.82, 2.24) is 9.80 Å². The van der Waals surface area contributed by atoms with Gasteiger partial charge < -0.3 is 10.2 Å². The predicted molar refractivity (Wildman–Crippen MR) is 102 cm³/mol. The summed E-state index contributed by atoms with van der Waals surface area (Å²) >= 11 is 0. The zero-order valence-corrected chi connectivity index (χ0v) is 15.8. The molecule has 0 aromatic heterocycles. The van der Waals surface area contributed by atoms with E-state index in [9.17, 15) is 9.59 Å². The van der Waals surface area contributed by atoms with Gasteiger partial charge in [-0.3, -0.25) is 14.5 Å². The highest BCUT2D eigenvalue weighted by Crippen LogP contribution is 2.15. The van der Waals surface area contributed by atoms with Crippen LogP contribution in [0.15, 0.2) is 24.3 Å². The second kappa shape index (κ2) is 9.56. The monoisotopic (exact) mass is 345 g/mol. The lowest BCUT2D eigenvalue weighted by atomic mass is 10.0. The maximum Gasteiger partial charge on any atom is 0.225 e. The van der Waals surface area contributed by atoms with Gasteiger partial charge in [0.15, 0.2) is 0 Å². The first-order valence-corrected chi connectivity index (χ1v) is 9.41. The van der Waals surface area contributed by atoms with Crippen LogP contribution in [0.1, 0.15) is 39.2 Å². The maximum atomic E-state index is 12.4. The Balaban J connectivity index is 1.75. The van der Waals surface area contributed by atoms with Crippen LogP contribution >= 0.6 is 0 Å². The zero-order valence-electron chi connectivity index (χ0n) is 15.8. The summed E-state index contributed by atoms with van der Waals surface area (Å²) in [7, 11) is 0. The molecule has 2 rings (SSSR count). The van der Waals surface area contributed by atoms with Gasteiger partial charge in [0.05, 0.1) is 0 Å². The number of piperazine rings is 1. The van der Waals surface area contributed by atoms with Crippen molar-refractivity contribution in [2.24, 2.45) is 5.92 Å². The van der Waals surface area contributed by atoms with Crippen LogP contribution in [0, 0.1) is 5.92 Å². The second-order valence-corrected chi connectivity index (χ2v) is 6.81. The minimum atomic E-state index is -0.0476. The number of anilines is 1. The lowest BCUT2D eigenvalue weighted by Gasteiger charge is -2.36. The van der Waals surface area contributed by atoms with Crippen LogP contribution in [-0.2, 0) is 16.0 Å². The molecule has 5 nitrogen and oxygen atoms in total. The molecular formula is C20H31N3O2. The molecule has 25 heavy (non-hydrogen) atoms. The van der Waals surface area contributed by atoms with E-state index in [1.807, 2.05) is 17.0 Å². The average molecular weight is 345 g/mol. The van der Waals surface area contributed by atoms with Gasteiger partial charge in [0.2, 0.25) is 11.8 Å². The molecule has 0 bridgehead atoms. The molecule has 1 aliphatic heterocycles. The van der Waals surface area contributed by atoms with Crippen LogP contribution in [-0.4, -0.2) is 54.3 Å². The topological polar surface area (TPSA) is 52.7 Å². The summed E-state index contributed by atoms with van der Waals surface area (Å²) in [6.07, 6.45) is 2.86. The maximum absolute atomic E-state index is 12.4. The summed E-state index contributed by atoms with van der Waals surface area (Å²) in [5, 5.41) is 2.78. The molecule has 1 N–H and O–H groups in total. The van der Waals surface area contributed by atoms with Crippen molar-refractivity contribution in [2.75, 3.05) is 38.0 Å². The van der Waals surface area contributed by atoms with Gasteiger partial charge in [-0.05, 0) is 37.0 Å². The van der Waals surface area contributed by atoms with Crippen molar-refractivity contribution in [3.63, 3.8) is 0 Å². The minimum Gasteiger partial charge on any atom is -0.340 e. The Morgan fingerprint density at radius 3 is 2.16 bits per heavy atom. The smallest absolute Gasteiger partial charge is 0.225 e. The Labute approximate surface area is 151 Å². The Morgan fingerprint density at radius 1 is 1.04 bits per heavy atom. The number of hydrogen-bond donors (Lipinski definition) is 1. The SMILES string of the molecule is CCC(CC)C(=O)N1CCN(CCc2ccc(NC(C)=O)cc2)CC1. The number of benzene rings is 1. The summed E-state index contributed by atoms with van der Waals surface area (Å²) < 4.78 is 0. The highest BCUT2D eigenvalue weighted by atomic mass is 16.2. The number of nitrogens with one attached hydrogen (secondary N) is 1. The van der Waals surface area contributed by atoms with Crippen LogP contribution in [0.25, 0.3) is 0 Å². The summed E-state index contributed by atoms with van der Waals surface area (Å²) in [4.78, 5) is 27.9. The Hall–Kier alpha value is -1.88. The van der Waals surface area contributed by atoms with Gasteiger partial charge in [-0.25, -0.2) is 0 Å². The molecule has 138 valence electrons. The number of carbonyl (C=O) groups is 2. The van der Waals surface area contributed by atoms with E-state index in [1.54, 1.807) is 0 Å². The van der Waals surface area contributed by atoms with E-state index in [1.165, 1.54) is 12.5 Å². The fraction of sp³-hybridized carbons (Fsp3) is 0.600. The van der Waals surface area contributed by atoms with E-state index in [0.717, 1.165) is 57.7 Å². The van der Waals surface area contributed by atoms with Crippen LogP contribution in [0.4, 0.5) is 5.69 Å². The van der Waals surface area contributed by atoms with Crippen molar-refractivity contribution in [1.29, 1.82) is 0 Å². The zero-order chi connectivity index (χ0) is 18.2. The fourth-order valence-corrected chi connectivity index (χ4v) is 3.33. The first kappa shape index (κ1) is 19.4. The summed E-state index contributed by atoms with van der Waals surface area (Å²) in [6.45, 7) is 10.3. The molecule has 0 aliphatic carbocycles. The van der Waals surface area contributed by atoms with Crippen LogP contribution < -0.4 is 5.32 Å². The molecule has 1 saturated heterocycles. The van der Waals surface area contributed by atoms with Crippen molar-refractivity contribution in [2.45, 2.75) is 40.0 Å². The van der Waals surface area contributed by atoms with E-state index in [2.05, 4.69) is 36.2 Å². The molecule has 1 fully saturated rings. The van der Waals surface area contributed by atoms with Crippen LogP contribution in [0.5, 0.6) is 0 Å². The number of rotatable bonds is 7. The molecular weight excluding hydrogens is 314 g/mol. The van der Waals surface area contributed by atoms with E-state index >= 15 is 0 Å². The molecule has 1 heterocycles. The lowest BCUT2D eigenvalue weighted by molar-refractivity contribution is -0.137. The molecule has 0 atom stereocenters. The van der Waals surface area contributed by atoms with Crippen LogP contribution in [0.3, 0.4) is 0 Å². The van der Waals surface area contributed by atoms with E-state index in [4.69, 9.17) is 0 Å². The third-order valence-corrected chi connectivity index (χ3v) is 5.01. The standard InChI is InChI=1S/C20H31N3O2/c1-4-18(5-2)20(25)23-14-12-22(13-15-23)11-10-17-6-8-19(9-7-17)21-16(3)24/h6-9,18H,4-5,10-15H2,1-3H3,(H,21,24). The quantitative estimate of drug-likeness (QED) is 0.827. The summed E-state index contributed by atoms with van der Waals surface area (Å²) in [5.74, 6) is 0.473. The van der Waals surface area contributed by atoms with Crippen molar-refractivity contribution in [3.8, 4) is 0 Å². The summed E-state index contributed by atoms with van der Waals surface area (Å²) in [5.41, 5.74) is 2.11. The Bertz CT molecular complexity index is 559. The molecule has 1 aliphatic rings. The second-order valence-electron chi connectivity index (χ2n) is 6.81. The van der Waals surface area contributed by atoms with Gasteiger partial charge in [0.1, 0.15) is 0 Å². The molecule has 0 unspecified atom stereocenters. The van der Waals surface area contributed by atoms with Gasteiger partial charge in [-0.1, -0.05) is 26.0 Å². The minimum absolute atomic E-state index is 0.0476. The number of hydrogen-bond acceptors (Lipinski definition) is 3. The van der Waals surface area contributed by atoms with E-state index < -0.39 is 0 Å². The first-order chi connectivity index (χ1) is 12.0. The number of carbonyl (C=O) groups excluding carboxylic acids is 2. The largest absolute Gasteiger partial charge is 0.340 e. The third-order valence-electron chi connectivity index (χ3n) is 5.01. The van der Waals surface area contributed by atoms with Gasteiger partial charge >= 0.3 is 0 Å². The molecule has 2 amide bonds. The van der Waals surface area contributed by atoms with E-state index in [0.29, 0.717) is 5.91 Å². The first-order valence-electron chi connectivity index (χ1n) is 9.41. The predicted octanol–water partition coefficient (Wildman–Crippen LogP) is 2.77. The Kier molecular flexibility index (Phi) is 7.44. The highest BCUT2D eigenvalue weighted by molar-refractivity contribution is 5.88. The van der Waals surface area contributed by atoms with Gasteiger partial charge in [-0.2, -0.15) is 0 Å². The molecule has 0 spiro atoms. The lowest BCUT2D eigenvalue weighted by Crippen LogP contribution is -2.50. The van der Waals surface area contributed by atoms with Gasteiger partial charge in [-0.15, -0.1) is 0 Å². The van der Waals surface area contributed by atoms with Crippen molar-refractivity contribution < 1.29 is 9.59 Å². The van der Waals surface area contributed by atoms with Crippen molar-refractivity contribution >= 4 is 17.5 Å². The number of nitrogens with zero attached hydrogens (tertiary/aromatic N) is 2. The Morgan fingerprint density at radius 2 is 1.64 bits per heavy atom. The molecule has 1 aromatic carbocycles. The molecule has 5 heteroatoms. The van der Waals surface area contributed by atoms with Gasteiger partial charge in [0.25, 0.3) is 0 Å². The van der Waals surface area contributed by atoms with Crippen LogP contribution in [0.2, 0.25) is 0 Å². The fourth-order valence-electron chi connectivity index (χ4n) is 3.33. The number of amides is 2. The summed E-state index contributed by atoms with van der Waals surface area (Å²) in [6, 6.07) is 8.03. The average Bonchev–Trinajstić information content (AvgIpc) is 2.62. The molecule has 0 saturated carbocycles. The van der Waals surface area contributed by atoms with Crippen molar-refractivity contribution in [3.05, 3.63) is 29.8 Å². The molecule has 0 radical (unpaired) electrons. The van der Waals surface area contributed by atoms with Gasteiger partial charge in [0, 0.05) is 51.3 Å². The molecule has 1 aromatic rings.